The molecule has 0 aliphatic carbocycles. The minimum absolute atomic E-state index is 0.331. The molecular formula is C15H28N4. The van der Waals surface area contributed by atoms with Crippen LogP contribution in [-0.4, -0.2) is 34.1 Å². The molecule has 1 aliphatic heterocycles. The number of nitrogens with zero attached hydrogens (tertiary/aromatic N) is 3. The fourth-order valence-corrected chi connectivity index (χ4v) is 3.14. The monoisotopic (exact) mass is 264 g/mol. The lowest BCUT2D eigenvalue weighted by atomic mass is 9.95. The number of hydrogen-bond acceptors (Lipinski definition) is 3. The number of likely N-dealkylation sites (tertiary alicyclic amines) is 1. The van der Waals surface area contributed by atoms with E-state index in [-0.39, 0.29) is 0 Å². The zero-order valence-corrected chi connectivity index (χ0v) is 12.5. The number of aromatic nitrogens is 2. The largest absolute Gasteiger partial charge is 0.333 e. The molecule has 1 aromatic heterocycles. The Morgan fingerprint density at radius 3 is 2.84 bits per heavy atom. The third-order valence-electron chi connectivity index (χ3n) is 4.41. The first-order valence-corrected chi connectivity index (χ1v) is 7.61. The molecule has 4 heteroatoms. The van der Waals surface area contributed by atoms with E-state index in [4.69, 9.17) is 5.73 Å². The summed E-state index contributed by atoms with van der Waals surface area (Å²) in [6, 6.07) is 0.331. The Bertz CT molecular complexity index is 385. The second-order valence-electron chi connectivity index (χ2n) is 6.05. The molecule has 4 nitrogen and oxygen atoms in total. The van der Waals surface area contributed by atoms with Crippen molar-refractivity contribution in [2.45, 2.75) is 46.2 Å². The molecule has 19 heavy (non-hydrogen) atoms. The van der Waals surface area contributed by atoms with Crippen LogP contribution in [0.25, 0.3) is 0 Å². The van der Waals surface area contributed by atoms with Crippen molar-refractivity contribution in [2.24, 2.45) is 17.6 Å². The van der Waals surface area contributed by atoms with Gasteiger partial charge in [0.1, 0.15) is 0 Å². The Kier molecular flexibility index (Phi) is 4.99. The Balaban J connectivity index is 2.10. The van der Waals surface area contributed by atoms with Crippen LogP contribution in [-0.2, 0) is 6.54 Å². The predicted octanol–water partition coefficient (Wildman–Crippen LogP) is 2.27. The van der Waals surface area contributed by atoms with Gasteiger partial charge < -0.3 is 10.3 Å². The molecule has 2 heterocycles. The van der Waals surface area contributed by atoms with E-state index in [1.807, 2.05) is 12.5 Å². The summed E-state index contributed by atoms with van der Waals surface area (Å²) in [6.07, 6.45) is 6.37. The third-order valence-corrected chi connectivity index (χ3v) is 4.41. The first-order chi connectivity index (χ1) is 9.17. The maximum atomic E-state index is 6.05. The highest BCUT2D eigenvalue weighted by atomic mass is 15.2. The van der Waals surface area contributed by atoms with E-state index in [1.54, 1.807) is 0 Å². The van der Waals surface area contributed by atoms with E-state index < -0.39 is 0 Å². The van der Waals surface area contributed by atoms with Gasteiger partial charge in [-0.05, 0) is 31.2 Å². The Morgan fingerprint density at radius 1 is 1.47 bits per heavy atom. The standard InChI is InChI=1S/C15H28N4/c1-4-6-19-11-17-9-15(19)14(8-16)18-7-5-13(10-18)12(2)3/h9,11-14H,4-8,10,16H2,1-3H3. The lowest BCUT2D eigenvalue weighted by Crippen LogP contribution is -2.34. The lowest BCUT2D eigenvalue weighted by molar-refractivity contribution is 0.223. The Morgan fingerprint density at radius 2 is 2.26 bits per heavy atom. The molecule has 1 fully saturated rings. The van der Waals surface area contributed by atoms with Crippen molar-refractivity contribution in [3.63, 3.8) is 0 Å². The number of imidazole rings is 1. The highest BCUT2D eigenvalue weighted by Crippen LogP contribution is 2.30. The quantitative estimate of drug-likeness (QED) is 0.857. The van der Waals surface area contributed by atoms with Crippen LogP contribution < -0.4 is 5.73 Å². The molecule has 0 spiro atoms. The molecule has 1 aromatic rings. The summed E-state index contributed by atoms with van der Waals surface area (Å²) < 4.78 is 2.26. The number of nitrogens with two attached hydrogens (primary N) is 1. The fourth-order valence-electron chi connectivity index (χ4n) is 3.14. The highest BCUT2D eigenvalue weighted by Gasteiger charge is 2.31. The molecule has 1 aliphatic rings. The van der Waals surface area contributed by atoms with Crippen molar-refractivity contribution < 1.29 is 0 Å². The zero-order chi connectivity index (χ0) is 13.8. The van der Waals surface area contributed by atoms with Crippen LogP contribution in [0.2, 0.25) is 0 Å². The molecule has 0 radical (unpaired) electrons. The number of aryl methyl sites for hydroxylation is 1. The maximum absolute atomic E-state index is 6.05. The molecule has 2 atom stereocenters. The lowest BCUT2D eigenvalue weighted by Gasteiger charge is -2.28. The maximum Gasteiger partial charge on any atom is 0.0948 e. The van der Waals surface area contributed by atoms with E-state index in [0.29, 0.717) is 12.6 Å². The number of rotatable bonds is 6. The summed E-state index contributed by atoms with van der Waals surface area (Å²) >= 11 is 0. The summed E-state index contributed by atoms with van der Waals surface area (Å²) in [5.41, 5.74) is 7.33. The van der Waals surface area contributed by atoms with Crippen LogP contribution in [0.4, 0.5) is 0 Å². The van der Waals surface area contributed by atoms with Crippen molar-refractivity contribution in [3.8, 4) is 0 Å². The zero-order valence-electron chi connectivity index (χ0n) is 12.5. The van der Waals surface area contributed by atoms with E-state index in [9.17, 15) is 0 Å². The van der Waals surface area contributed by atoms with Crippen LogP contribution in [0.1, 0.15) is 45.3 Å². The van der Waals surface area contributed by atoms with E-state index in [2.05, 4.69) is 35.2 Å². The van der Waals surface area contributed by atoms with Crippen molar-refractivity contribution in [1.82, 2.24) is 14.5 Å². The van der Waals surface area contributed by atoms with E-state index >= 15 is 0 Å². The predicted molar refractivity (Wildman–Crippen MR) is 78.8 cm³/mol. The normalized spacial score (nSPS) is 22.3. The second kappa shape index (κ2) is 6.53. The van der Waals surface area contributed by atoms with E-state index in [1.165, 1.54) is 25.2 Å². The minimum Gasteiger partial charge on any atom is -0.333 e. The molecule has 0 amide bonds. The van der Waals surface area contributed by atoms with Gasteiger partial charge in [0.2, 0.25) is 0 Å². The molecule has 2 unspecified atom stereocenters. The summed E-state index contributed by atoms with van der Waals surface area (Å²) in [4.78, 5) is 6.87. The van der Waals surface area contributed by atoms with Gasteiger partial charge in [-0.3, -0.25) is 4.90 Å². The Labute approximate surface area is 117 Å². The van der Waals surface area contributed by atoms with Crippen molar-refractivity contribution >= 4 is 0 Å². The van der Waals surface area contributed by atoms with Gasteiger partial charge in [-0.25, -0.2) is 4.98 Å². The summed E-state index contributed by atoms with van der Waals surface area (Å²) in [7, 11) is 0. The van der Waals surface area contributed by atoms with Gasteiger partial charge in [0.25, 0.3) is 0 Å². The smallest absolute Gasteiger partial charge is 0.0948 e. The molecule has 0 saturated carbocycles. The second-order valence-corrected chi connectivity index (χ2v) is 6.05. The molecule has 0 bridgehead atoms. The molecule has 2 N–H and O–H groups in total. The van der Waals surface area contributed by atoms with Gasteiger partial charge in [0, 0.05) is 25.8 Å². The molecule has 0 aromatic carbocycles. The topological polar surface area (TPSA) is 47.1 Å². The SMILES string of the molecule is CCCn1cncc1C(CN)N1CCC(C(C)C)C1. The van der Waals surface area contributed by atoms with E-state index in [0.717, 1.165) is 24.8 Å². The Hall–Kier alpha value is -0.870. The molecule has 1 saturated heterocycles. The van der Waals surface area contributed by atoms with Crippen molar-refractivity contribution in [2.75, 3.05) is 19.6 Å². The van der Waals surface area contributed by atoms with Gasteiger partial charge in [-0.2, -0.15) is 0 Å². The van der Waals surface area contributed by atoms with Gasteiger partial charge in [-0.15, -0.1) is 0 Å². The number of hydrogen-bond donors (Lipinski definition) is 1. The van der Waals surface area contributed by atoms with Crippen molar-refractivity contribution in [1.29, 1.82) is 0 Å². The van der Waals surface area contributed by atoms with Crippen LogP contribution >= 0.6 is 0 Å². The molecular weight excluding hydrogens is 236 g/mol. The van der Waals surface area contributed by atoms with Gasteiger partial charge in [-0.1, -0.05) is 20.8 Å². The minimum atomic E-state index is 0.331. The van der Waals surface area contributed by atoms with Crippen LogP contribution in [0.5, 0.6) is 0 Å². The third kappa shape index (κ3) is 3.18. The first kappa shape index (κ1) is 14.5. The van der Waals surface area contributed by atoms with Crippen molar-refractivity contribution in [3.05, 3.63) is 18.2 Å². The van der Waals surface area contributed by atoms with Crippen LogP contribution in [0.3, 0.4) is 0 Å². The average molecular weight is 264 g/mol. The summed E-state index contributed by atoms with van der Waals surface area (Å²) in [5, 5.41) is 0. The van der Waals surface area contributed by atoms with Gasteiger partial charge in [0.15, 0.2) is 0 Å². The first-order valence-electron chi connectivity index (χ1n) is 7.61. The summed E-state index contributed by atoms with van der Waals surface area (Å²) in [5.74, 6) is 1.58. The summed E-state index contributed by atoms with van der Waals surface area (Å²) in [6.45, 7) is 10.9. The molecule has 2 rings (SSSR count). The molecule has 108 valence electrons. The fraction of sp³-hybridized carbons (Fsp3) is 0.800. The van der Waals surface area contributed by atoms with Crippen LogP contribution in [0.15, 0.2) is 12.5 Å². The van der Waals surface area contributed by atoms with Gasteiger partial charge >= 0.3 is 0 Å². The highest BCUT2D eigenvalue weighted by molar-refractivity contribution is 5.07. The average Bonchev–Trinajstić information content (AvgIpc) is 3.01. The van der Waals surface area contributed by atoms with Gasteiger partial charge in [0.05, 0.1) is 18.1 Å². The van der Waals surface area contributed by atoms with Crippen LogP contribution in [0, 0.1) is 11.8 Å².